The maximum absolute atomic E-state index is 6.53. The minimum Gasteiger partial charge on any atom is -0.497 e. The Morgan fingerprint density at radius 1 is 0.805 bits per heavy atom. The molecule has 1 unspecified atom stereocenters. The van der Waals surface area contributed by atoms with E-state index >= 15 is 0 Å². The zero-order chi connectivity index (χ0) is 27.3. The van der Waals surface area contributed by atoms with E-state index in [-0.39, 0.29) is 12.5 Å². The summed E-state index contributed by atoms with van der Waals surface area (Å²) in [5, 5.41) is 9.15. The van der Waals surface area contributed by atoms with E-state index in [1.54, 1.807) is 18.0 Å². The number of aromatic nitrogens is 4. The van der Waals surface area contributed by atoms with E-state index < -0.39 is 0 Å². The molecule has 0 saturated carbocycles. The predicted molar refractivity (Wildman–Crippen MR) is 157 cm³/mol. The monoisotopic (exact) mass is 536 g/mol. The van der Waals surface area contributed by atoms with Gasteiger partial charge in [-0.25, -0.2) is 14.5 Å². The first-order chi connectivity index (χ1) is 20.2. The third kappa shape index (κ3) is 3.93. The van der Waals surface area contributed by atoms with Crippen molar-refractivity contribution in [3.8, 4) is 23.1 Å². The Labute approximate surface area is 235 Å². The van der Waals surface area contributed by atoms with Crippen LogP contribution >= 0.6 is 0 Å². The number of hydrogen-bond donors (Lipinski definition) is 0. The normalized spacial score (nSPS) is 14.0. The van der Waals surface area contributed by atoms with Crippen LogP contribution in [0.5, 0.6) is 23.1 Å². The van der Waals surface area contributed by atoms with E-state index in [1.165, 1.54) is 5.39 Å². The van der Waals surface area contributed by atoms with Crippen molar-refractivity contribution >= 4 is 27.2 Å². The summed E-state index contributed by atoms with van der Waals surface area (Å²) < 4.78 is 19.8. The first-order valence-electron chi connectivity index (χ1n) is 13.4. The molecule has 3 heterocycles. The van der Waals surface area contributed by atoms with E-state index in [4.69, 9.17) is 29.3 Å². The second kappa shape index (κ2) is 9.34. The molecular formula is C34H24N4O3. The lowest BCUT2D eigenvalue weighted by Gasteiger charge is -2.28. The first-order valence-corrected chi connectivity index (χ1v) is 13.4. The fourth-order valence-corrected chi connectivity index (χ4v) is 5.70. The van der Waals surface area contributed by atoms with E-state index in [0.717, 1.165) is 50.1 Å². The Morgan fingerprint density at radius 2 is 1.56 bits per heavy atom. The molecule has 7 heteroatoms. The molecule has 8 rings (SSSR count). The summed E-state index contributed by atoms with van der Waals surface area (Å²) in [6.07, 6.45) is 1.65. The molecule has 5 aromatic carbocycles. The molecule has 7 aromatic rings. The zero-order valence-corrected chi connectivity index (χ0v) is 22.2. The van der Waals surface area contributed by atoms with Crippen molar-refractivity contribution < 1.29 is 14.2 Å². The molecule has 0 amide bonds. The molecule has 0 radical (unpaired) electrons. The minimum absolute atomic E-state index is 0.168. The van der Waals surface area contributed by atoms with Crippen molar-refractivity contribution in [2.75, 3.05) is 7.11 Å². The fourth-order valence-electron chi connectivity index (χ4n) is 5.70. The maximum Gasteiger partial charge on any atom is 0.228 e. The number of fused-ring (bicyclic) bond motifs is 7. The van der Waals surface area contributed by atoms with Gasteiger partial charge in [-0.2, -0.15) is 0 Å². The number of nitrogens with zero attached hydrogens (tertiary/aromatic N) is 4. The van der Waals surface area contributed by atoms with Crippen LogP contribution in [-0.2, 0) is 6.61 Å². The standard InChI is InChI=1S/C34H24N4O3/c1-39-25-14-11-23(12-15-25)30-28-17-13-22-7-4-5-9-27(22)32(28)41-34-31(30)33-36-29(37-38(33)20-35-34)19-40-26-16-10-21-6-2-3-8-24(21)18-26/h2-18,20,30H,19H2,1H3. The Bertz CT molecular complexity index is 2090. The summed E-state index contributed by atoms with van der Waals surface area (Å²) >= 11 is 0. The van der Waals surface area contributed by atoms with E-state index in [1.807, 2.05) is 48.5 Å². The first kappa shape index (κ1) is 23.5. The highest BCUT2D eigenvalue weighted by Gasteiger charge is 2.34. The summed E-state index contributed by atoms with van der Waals surface area (Å²) in [6.45, 7) is 0.226. The van der Waals surface area contributed by atoms with Crippen LogP contribution in [0.2, 0.25) is 0 Å². The topological polar surface area (TPSA) is 70.8 Å². The van der Waals surface area contributed by atoms with Crippen LogP contribution in [0.15, 0.2) is 109 Å². The Morgan fingerprint density at radius 3 is 2.41 bits per heavy atom. The van der Waals surface area contributed by atoms with Gasteiger partial charge in [-0.15, -0.1) is 5.10 Å². The van der Waals surface area contributed by atoms with Gasteiger partial charge in [-0.05, 0) is 46.0 Å². The van der Waals surface area contributed by atoms with Gasteiger partial charge in [0, 0.05) is 16.9 Å². The van der Waals surface area contributed by atoms with E-state index in [2.05, 4.69) is 54.6 Å². The number of methoxy groups -OCH3 is 1. The van der Waals surface area contributed by atoms with Gasteiger partial charge < -0.3 is 14.2 Å². The van der Waals surface area contributed by atoms with Gasteiger partial charge in [0.2, 0.25) is 5.88 Å². The van der Waals surface area contributed by atoms with Crippen LogP contribution in [0.1, 0.15) is 28.4 Å². The Hall–Kier alpha value is -5.43. The number of benzene rings is 5. The average molecular weight is 537 g/mol. The van der Waals surface area contributed by atoms with Crippen molar-refractivity contribution in [3.05, 3.63) is 132 Å². The number of hydrogen-bond acceptors (Lipinski definition) is 6. The van der Waals surface area contributed by atoms with Crippen LogP contribution in [0.3, 0.4) is 0 Å². The van der Waals surface area contributed by atoms with E-state index in [0.29, 0.717) is 17.4 Å². The summed E-state index contributed by atoms with van der Waals surface area (Å²) in [5.41, 5.74) is 3.68. The van der Waals surface area contributed by atoms with Crippen molar-refractivity contribution in [2.24, 2.45) is 0 Å². The van der Waals surface area contributed by atoms with Crippen molar-refractivity contribution in [2.45, 2.75) is 12.5 Å². The highest BCUT2D eigenvalue weighted by Crippen LogP contribution is 2.50. The molecule has 1 aliphatic heterocycles. The van der Waals surface area contributed by atoms with Crippen molar-refractivity contribution in [1.29, 1.82) is 0 Å². The zero-order valence-electron chi connectivity index (χ0n) is 22.2. The number of ether oxygens (including phenoxy) is 3. The third-order valence-corrected chi connectivity index (χ3v) is 7.68. The van der Waals surface area contributed by atoms with Crippen molar-refractivity contribution in [3.63, 3.8) is 0 Å². The average Bonchev–Trinajstić information content (AvgIpc) is 3.46. The van der Waals surface area contributed by atoms with E-state index in [9.17, 15) is 0 Å². The molecule has 0 fully saturated rings. The lowest BCUT2D eigenvalue weighted by Crippen LogP contribution is -2.15. The Balaban J connectivity index is 1.23. The third-order valence-electron chi connectivity index (χ3n) is 7.68. The van der Waals surface area contributed by atoms with Gasteiger partial charge in [0.05, 0.1) is 12.7 Å². The summed E-state index contributed by atoms with van der Waals surface area (Å²) in [4.78, 5) is 9.63. The van der Waals surface area contributed by atoms with Gasteiger partial charge in [-0.3, -0.25) is 0 Å². The fraction of sp³-hybridized carbons (Fsp3) is 0.0882. The van der Waals surface area contributed by atoms with Gasteiger partial charge in [0.25, 0.3) is 0 Å². The maximum atomic E-state index is 6.53. The second-order valence-electron chi connectivity index (χ2n) is 10.1. The van der Waals surface area contributed by atoms with Crippen LogP contribution in [-0.4, -0.2) is 26.7 Å². The smallest absolute Gasteiger partial charge is 0.228 e. The molecule has 0 saturated heterocycles. The molecule has 41 heavy (non-hydrogen) atoms. The molecule has 1 aliphatic rings. The Kier molecular flexibility index (Phi) is 5.35. The summed E-state index contributed by atoms with van der Waals surface area (Å²) in [5.74, 6) is 3.30. The number of rotatable bonds is 5. The quantitative estimate of drug-likeness (QED) is 0.230. The van der Waals surface area contributed by atoms with Gasteiger partial charge in [0.1, 0.15) is 30.2 Å². The molecular weight excluding hydrogens is 512 g/mol. The molecule has 2 aromatic heterocycles. The molecule has 0 N–H and O–H groups in total. The molecule has 198 valence electrons. The lowest BCUT2D eigenvalue weighted by atomic mass is 9.83. The van der Waals surface area contributed by atoms with Crippen LogP contribution in [0.25, 0.3) is 27.2 Å². The molecule has 0 spiro atoms. The molecule has 7 nitrogen and oxygen atoms in total. The molecule has 0 aliphatic carbocycles. The largest absolute Gasteiger partial charge is 0.497 e. The highest BCUT2D eigenvalue weighted by molar-refractivity contribution is 5.91. The molecule has 0 bridgehead atoms. The van der Waals surface area contributed by atoms with Gasteiger partial charge >= 0.3 is 0 Å². The lowest BCUT2D eigenvalue weighted by molar-refractivity contribution is 0.296. The highest BCUT2D eigenvalue weighted by atomic mass is 16.5. The minimum atomic E-state index is -0.168. The van der Waals surface area contributed by atoms with Crippen molar-refractivity contribution in [1.82, 2.24) is 19.6 Å². The van der Waals surface area contributed by atoms with Gasteiger partial charge in [-0.1, -0.05) is 78.9 Å². The van der Waals surface area contributed by atoms with Crippen LogP contribution < -0.4 is 14.2 Å². The predicted octanol–water partition coefficient (Wildman–Crippen LogP) is 7.30. The summed E-state index contributed by atoms with van der Waals surface area (Å²) in [6, 6.07) is 34.9. The van der Waals surface area contributed by atoms with Crippen LogP contribution in [0, 0.1) is 0 Å². The second-order valence-corrected chi connectivity index (χ2v) is 10.1. The van der Waals surface area contributed by atoms with Gasteiger partial charge in [0.15, 0.2) is 11.5 Å². The summed E-state index contributed by atoms with van der Waals surface area (Å²) in [7, 11) is 1.67. The van der Waals surface area contributed by atoms with Crippen LogP contribution in [0.4, 0.5) is 0 Å². The molecule has 1 atom stereocenters. The SMILES string of the molecule is COc1ccc(C2c3ccc4ccccc4c3Oc3ncn4nc(COc5ccc6ccccc6c5)nc4c32)cc1.